The van der Waals surface area contributed by atoms with Gasteiger partial charge >= 0.3 is 0 Å². The van der Waals surface area contributed by atoms with Gasteiger partial charge in [-0.25, -0.2) is 0 Å². The number of hydrogen-bond donors (Lipinski definition) is 0. The minimum Gasteiger partial charge on any atom is -0.306 e. The molecular formula is C64H84N2O2S6. The molecule has 4 nitrogen and oxygen atoms in total. The molecule has 398 valence electrons. The van der Waals surface area contributed by atoms with Crippen LogP contribution in [0, 0.1) is 11.8 Å². The summed E-state index contributed by atoms with van der Waals surface area (Å²) < 4.78 is 0. The Balaban J connectivity index is 1.19. The van der Waals surface area contributed by atoms with E-state index in [0.717, 1.165) is 46.8 Å². The van der Waals surface area contributed by atoms with Crippen molar-refractivity contribution in [2.45, 2.75) is 195 Å². The number of unbranched alkanes of at least 4 members (excludes halogenated alkanes) is 18. The van der Waals surface area contributed by atoms with Crippen molar-refractivity contribution >= 4 is 91.2 Å². The summed E-state index contributed by atoms with van der Waals surface area (Å²) in [5.74, 6) is 0.811. The van der Waals surface area contributed by atoms with Gasteiger partial charge in [0, 0.05) is 52.1 Å². The van der Waals surface area contributed by atoms with Gasteiger partial charge in [0.2, 0.25) is 0 Å². The summed E-state index contributed by atoms with van der Waals surface area (Å²) in [4.78, 5) is 48.2. The smallest absolute Gasteiger partial charge is 0.261 e. The van der Waals surface area contributed by atoms with E-state index in [1.54, 1.807) is 45.3 Å². The van der Waals surface area contributed by atoms with Crippen LogP contribution in [0.25, 0.3) is 50.4 Å². The molecule has 0 saturated carbocycles. The molecule has 2 atom stereocenters. The maximum atomic E-state index is 16.0. The lowest BCUT2D eigenvalue weighted by Gasteiger charge is -2.29. The zero-order chi connectivity index (χ0) is 51.5. The molecule has 0 aliphatic carbocycles. The lowest BCUT2D eigenvalue weighted by Crippen LogP contribution is -2.34. The van der Waals surface area contributed by atoms with E-state index >= 15 is 9.59 Å². The van der Waals surface area contributed by atoms with Crippen LogP contribution in [0.2, 0.25) is 0 Å². The maximum Gasteiger partial charge on any atom is 0.261 e. The van der Waals surface area contributed by atoms with E-state index in [9.17, 15) is 0 Å². The Labute approximate surface area is 470 Å². The van der Waals surface area contributed by atoms with Crippen LogP contribution in [0.3, 0.4) is 0 Å². The fraction of sp³-hybridized carbons (Fsp3) is 0.531. The molecule has 6 aromatic rings. The van der Waals surface area contributed by atoms with Gasteiger partial charge in [-0.15, -0.1) is 68.0 Å². The molecule has 6 aromatic heterocycles. The van der Waals surface area contributed by atoms with Crippen LogP contribution in [-0.2, 0) is 9.59 Å². The van der Waals surface area contributed by atoms with Crippen LogP contribution in [0.1, 0.15) is 204 Å². The molecule has 0 saturated heterocycles. The molecule has 10 heteroatoms. The van der Waals surface area contributed by atoms with Crippen LogP contribution >= 0.6 is 68.0 Å². The maximum absolute atomic E-state index is 16.0. The minimum atomic E-state index is 0.0297. The van der Waals surface area contributed by atoms with E-state index in [-0.39, 0.29) is 11.8 Å². The summed E-state index contributed by atoms with van der Waals surface area (Å²) in [6, 6.07) is 26.6. The molecule has 0 bridgehead atoms. The molecule has 74 heavy (non-hydrogen) atoms. The van der Waals surface area contributed by atoms with Crippen molar-refractivity contribution < 1.29 is 9.59 Å². The Morgan fingerprint density at radius 1 is 0.338 bits per heavy atom. The quantitative estimate of drug-likeness (QED) is 0.0368. The molecule has 0 N–H and O–H groups in total. The van der Waals surface area contributed by atoms with E-state index in [1.807, 2.05) is 22.7 Å². The number of carbonyl (C=O) groups excluding carboxylic acids is 2. The number of thiophene rings is 6. The third-order valence-electron chi connectivity index (χ3n) is 15.3. The Morgan fingerprint density at radius 3 is 0.919 bits per heavy atom. The number of fused-ring (bicyclic) bond motifs is 1. The molecule has 8 heterocycles. The normalized spacial score (nSPS) is 14.7. The molecule has 0 spiro atoms. The highest BCUT2D eigenvalue weighted by molar-refractivity contribution is 7.27. The highest BCUT2D eigenvalue weighted by atomic mass is 32.1. The van der Waals surface area contributed by atoms with Crippen molar-refractivity contribution in [3.63, 3.8) is 0 Å². The van der Waals surface area contributed by atoms with Gasteiger partial charge in [-0.3, -0.25) is 9.59 Å². The van der Waals surface area contributed by atoms with Gasteiger partial charge in [-0.05, 0) is 109 Å². The monoisotopic (exact) mass is 1100 g/mol. The lowest BCUT2D eigenvalue weighted by atomic mass is 9.93. The number of nitrogens with zero attached hydrogens (tertiary/aromatic N) is 2. The Hall–Kier alpha value is -3.38. The van der Waals surface area contributed by atoms with E-state index in [4.69, 9.17) is 0 Å². The van der Waals surface area contributed by atoms with Gasteiger partial charge in [0.05, 0.1) is 32.3 Å². The molecule has 2 unspecified atom stereocenters. The average molecular weight is 1110 g/mol. The van der Waals surface area contributed by atoms with Crippen molar-refractivity contribution in [3.8, 4) is 39.0 Å². The van der Waals surface area contributed by atoms with Gasteiger partial charge in [0.15, 0.2) is 0 Å². The molecule has 2 aliphatic heterocycles. The third-order valence-corrected chi connectivity index (χ3v) is 22.2. The molecule has 0 fully saturated rings. The number of carbonyl (C=O) groups is 2. The fourth-order valence-corrected chi connectivity index (χ4v) is 17.2. The second kappa shape index (κ2) is 30.0. The third kappa shape index (κ3) is 15.0. The summed E-state index contributed by atoms with van der Waals surface area (Å²) in [5, 5.41) is 4.30. The first kappa shape index (κ1) is 56.8. The zero-order valence-electron chi connectivity index (χ0n) is 45.2. The SMILES string of the molecule is CCCCCCCCCCC(CCCCCC)CN1C(=O)C2=C(c3ccc(-c4ccc(-c5cccs5)s4)s3)N(CC(CCCCCC)CCCCCCCC)C(=O)C2=C1c1ccc(-c2ccc(-c3cccs3)s2)s1. The van der Waals surface area contributed by atoms with Gasteiger partial charge in [-0.1, -0.05) is 181 Å². The van der Waals surface area contributed by atoms with Crippen LogP contribution in [0.5, 0.6) is 0 Å². The number of rotatable bonds is 36. The van der Waals surface area contributed by atoms with Gasteiger partial charge in [0.1, 0.15) is 0 Å². The Bertz CT molecular complexity index is 2670. The largest absolute Gasteiger partial charge is 0.306 e. The summed E-state index contributed by atoms with van der Waals surface area (Å²) in [6.07, 6.45) is 32.2. The Morgan fingerprint density at radius 2 is 0.608 bits per heavy atom. The van der Waals surface area contributed by atoms with Gasteiger partial charge in [0.25, 0.3) is 11.8 Å². The number of amides is 2. The summed E-state index contributed by atoms with van der Waals surface area (Å²) in [5.41, 5.74) is 3.02. The molecule has 0 radical (unpaired) electrons. The zero-order valence-corrected chi connectivity index (χ0v) is 50.1. The fourth-order valence-electron chi connectivity index (χ4n) is 11.2. The molecule has 0 aromatic carbocycles. The second-order valence-corrected chi connectivity index (χ2v) is 27.4. The Kier molecular flexibility index (Phi) is 23.0. The number of hydrogen-bond acceptors (Lipinski definition) is 8. The molecule has 2 amide bonds. The first-order chi connectivity index (χ1) is 36.4. The van der Waals surface area contributed by atoms with Crippen LogP contribution in [-0.4, -0.2) is 34.7 Å². The van der Waals surface area contributed by atoms with E-state index in [2.05, 4.69) is 121 Å². The predicted octanol–water partition coefficient (Wildman–Crippen LogP) is 22.0. The summed E-state index contributed by atoms with van der Waals surface area (Å²) in [6.45, 7) is 10.5. The predicted molar refractivity (Wildman–Crippen MR) is 329 cm³/mol. The molecule has 8 rings (SSSR count). The van der Waals surface area contributed by atoms with Crippen LogP contribution in [0.4, 0.5) is 0 Å². The van der Waals surface area contributed by atoms with Crippen LogP contribution < -0.4 is 0 Å². The van der Waals surface area contributed by atoms with Crippen LogP contribution in [0.15, 0.2) is 94.7 Å². The highest BCUT2D eigenvalue weighted by Gasteiger charge is 2.50. The van der Waals surface area contributed by atoms with E-state index in [0.29, 0.717) is 36.1 Å². The first-order valence-corrected chi connectivity index (χ1v) is 34.1. The van der Waals surface area contributed by atoms with Gasteiger partial charge in [-0.2, -0.15) is 0 Å². The molecule has 2 aliphatic rings. The van der Waals surface area contributed by atoms with Crippen molar-refractivity contribution in [1.82, 2.24) is 9.80 Å². The topological polar surface area (TPSA) is 40.6 Å². The van der Waals surface area contributed by atoms with Crippen molar-refractivity contribution in [2.75, 3.05) is 13.1 Å². The minimum absolute atomic E-state index is 0.0297. The highest BCUT2D eigenvalue weighted by Crippen LogP contribution is 2.52. The first-order valence-electron chi connectivity index (χ1n) is 29.0. The standard InChI is InChI=1S/C64H84N2O2S6/c1-5-9-13-17-19-20-22-26-32-48(30-24-16-12-8-4)46-66-62(58-42-40-56(74-58)54-38-36-52(72-54)50-34-28-44-70-50)60-59(64(66)68)61(57-41-39-55(73-57)53-37-35-51(71-53)49-33-27-43-69-49)65(63(60)67)45-47(29-23-15-11-7-3)31-25-21-18-14-10-6-2/h27-28,33-44,47-48H,5-26,29-32,45-46H2,1-4H3. The summed E-state index contributed by atoms with van der Waals surface area (Å²) in [7, 11) is 0. The van der Waals surface area contributed by atoms with E-state index in [1.165, 1.54) is 180 Å². The lowest BCUT2D eigenvalue weighted by molar-refractivity contribution is -0.124. The average Bonchev–Trinajstić information content (AvgIpc) is 4.28. The van der Waals surface area contributed by atoms with Crippen molar-refractivity contribution in [2.24, 2.45) is 11.8 Å². The summed E-state index contributed by atoms with van der Waals surface area (Å²) >= 11 is 10.7. The van der Waals surface area contributed by atoms with E-state index < -0.39 is 0 Å². The van der Waals surface area contributed by atoms with Crippen molar-refractivity contribution in [1.29, 1.82) is 0 Å². The molecular weight excluding hydrogens is 1020 g/mol. The van der Waals surface area contributed by atoms with Crippen molar-refractivity contribution in [3.05, 3.63) is 104 Å². The van der Waals surface area contributed by atoms with Gasteiger partial charge < -0.3 is 9.80 Å². The second-order valence-electron chi connectivity index (χ2n) is 21.1.